The molecule has 2 aromatic rings. The number of nitrogens with zero attached hydrogens (tertiary/aromatic N) is 4. The molecular formula is C23H29N5O. The molecular weight excluding hydrogens is 362 g/mol. The van der Waals surface area contributed by atoms with Crippen molar-refractivity contribution in [1.82, 2.24) is 20.1 Å². The number of nitrogens with one attached hydrogen (secondary N) is 1. The number of amides is 2. The highest BCUT2D eigenvalue weighted by Crippen LogP contribution is 2.31. The Balaban J connectivity index is 1.72. The maximum Gasteiger partial charge on any atom is 0.317 e. The van der Waals surface area contributed by atoms with E-state index < -0.39 is 0 Å². The summed E-state index contributed by atoms with van der Waals surface area (Å²) < 4.78 is 0. The fourth-order valence-electron chi connectivity index (χ4n) is 3.97. The smallest absolute Gasteiger partial charge is 0.317 e. The average Bonchev–Trinajstić information content (AvgIpc) is 2.77. The van der Waals surface area contributed by atoms with Gasteiger partial charge in [0.1, 0.15) is 0 Å². The molecule has 1 aromatic heterocycles. The van der Waals surface area contributed by atoms with Crippen molar-refractivity contribution in [2.75, 3.05) is 26.2 Å². The van der Waals surface area contributed by atoms with Crippen LogP contribution in [0.4, 0.5) is 4.79 Å². The first-order valence-corrected chi connectivity index (χ1v) is 10.4. The number of hydrogen-bond donors (Lipinski definition) is 1. The van der Waals surface area contributed by atoms with E-state index in [0.29, 0.717) is 5.56 Å². The number of urea groups is 1. The van der Waals surface area contributed by atoms with Gasteiger partial charge in [0, 0.05) is 44.6 Å². The van der Waals surface area contributed by atoms with E-state index in [9.17, 15) is 4.79 Å². The summed E-state index contributed by atoms with van der Waals surface area (Å²) in [4.78, 5) is 20.9. The zero-order chi connectivity index (χ0) is 20.6. The molecule has 0 bridgehead atoms. The molecule has 0 saturated carbocycles. The lowest BCUT2D eigenvalue weighted by Crippen LogP contribution is -2.49. The molecule has 1 atom stereocenters. The van der Waals surface area contributed by atoms with Gasteiger partial charge >= 0.3 is 6.03 Å². The van der Waals surface area contributed by atoms with Crippen LogP contribution in [0.3, 0.4) is 0 Å². The third kappa shape index (κ3) is 5.12. The summed E-state index contributed by atoms with van der Waals surface area (Å²) in [6.07, 6.45) is 5.53. The number of benzene rings is 1. The number of nitriles is 1. The predicted octanol–water partition coefficient (Wildman–Crippen LogP) is 3.56. The molecule has 6 heteroatoms. The molecule has 3 rings (SSSR count). The Kier molecular flexibility index (Phi) is 7.20. The quantitative estimate of drug-likeness (QED) is 0.817. The lowest BCUT2D eigenvalue weighted by molar-refractivity contribution is 0.154. The van der Waals surface area contributed by atoms with Gasteiger partial charge in [0.2, 0.25) is 0 Å². The van der Waals surface area contributed by atoms with E-state index in [0.717, 1.165) is 50.1 Å². The van der Waals surface area contributed by atoms with Gasteiger partial charge in [-0.2, -0.15) is 5.26 Å². The van der Waals surface area contributed by atoms with Crippen LogP contribution in [0.2, 0.25) is 0 Å². The van der Waals surface area contributed by atoms with E-state index in [1.54, 1.807) is 6.20 Å². The lowest BCUT2D eigenvalue weighted by Gasteiger charge is -2.38. The zero-order valence-corrected chi connectivity index (χ0v) is 17.2. The van der Waals surface area contributed by atoms with Gasteiger partial charge in [0.05, 0.1) is 17.7 Å². The van der Waals surface area contributed by atoms with Crippen LogP contribution < -0.4 is 5.32 Å². The Labute approximate surface area is 173 Å². The number of hydrogen-bond acceptors (Lipinski definition) is 4. The molecule has 1 aliphatic heterocycles. The topological polar surface area (TPSA) is 72.3 Å². The van der Waals surface area contributed by atoms with Gasteiger partial charge in [-0.05, 0) is 56.0 Å². The largest absolute Gasteiger partial charge is 0.335 e. The van der Waals surface area contributed by atoms with E-state index in [1.165, 1.54) is 0 Å². The first kappa shape index (κ1) is 20.8. The van der Waals surface area contributed by atoms with Gasteiger partial charge in [-0.15, -0.1) is 0 Å². The van der Waals surface area contributed by atoms with E-state index >= 15 is 0 Å². The predicted molar refractivity (Wildman–Crippen MR) is 113 cm³/mol. The summed E-state index contributed by atoms with van der Waals surface area (Å²) in [6.45, 7) is 7.24. The molecule has 152 valence electrons. The van der Waals surface area contributed by atoms with Crippen LogP contribution >= 0.6 is 0 Å². The second-order valence-corrected chi connectivity index (χ2v) is 7.35. The molecule has 6 nitrogen and oxygen atoms in total. The molecule has 1 aromatic carbocycles. The van der Waals surface area contributed by atoms with Crippen molar-refractivity contribution >= 4 is 6.03 Å². The van der Waals surface area contributed by atoms with Gasteiger partial charge in [0.25, 0.3) is 0 Å². The minimum absolute atomic E-state index is 0.0318. The highest BCUT2D eigenvalue weighted by molar-refractivity contribution is 5.74. The Morgan fingerprint density at radius 2 is 1.90 bits per heavy atom. The van der Waals surface area contributed by atoms with E-state index in [1.807, 2.05) is 55.3 Å². The van der Waals surface area contributed by atoms with Gasteiger partial charge in [-0.1, -0.05) is 18.2 Å². The van der Waals surface area contributed by atoms with Crippen LogP contribution in [-0.4, -0.2) is 53.0 Å². The lowest BCUT2D eigenvalue weighted by atomic mass is 9.94. The zero-order valence-electron chi connectivity index (χ0n) is 17.2. The summed E-state index contributed by atoms with van der Waals surface area (Å²) in [5.41, 5.74) is 2.96. The van der Waals surface area contributed by atoms with Gasteiger partial charge in [0.15, 0.2) is 0 Å². The van der Waals surface area contributed by atoms with Gasteiger partial charge < -0.3 is 10.2 Å². The number of carbonyl (C=O) groups is 1. The molecule has 0 aliphatic carbocycles. The maximum atomic E-state index is 12.4. The number of aromatic nitrogens is 1. The fraction of sp³-hybridized carbons (Fsp3) is 0.435. The summed E-state index contributed by atoms with van der Waals surface area (Å²) in [7, 11) is 0. The van der Waals surface area contributed by atoms with Crippen molar-refractivity contribution in [2.24, 2.45) is 0 Å². The number of likely N-dealkylation sites (tertiary alicyclic amines) is 1. The Morgan fingerprint density at radius 3 is 2.45 bits per heavy atom. The molecule has 0 spiro atoms. The van der Waals surface area contributed by atoms with Crippen molar-refractivity contribution < 1.29 is 4.79 Å². The van der Waals surface area contributed by atoms with Gasteiger partial charge in [-0.25, -0.2) is 4.79 Å². The highest BCUT2D eigenvalue weighted by atomic mass is 16.2. The van der Waals surface area contributed by atoms with Crippen LogP contribution in [0.1, 0.15) is 49.4 Å². The number of carbonyl (C=O) groups excluding carboxylic acids is 1. The minimum atomic E-state index is 0.0318. The number of rotatable bonds is 6. The second-order valence-electron chi connectivity index (χ2n) is 7.35. The third-order valence-corrected chi connectivity index (χ3v) is 5.63. The number of pyridine rings is 1. The Morgan fingerprint density at radius 1 is 1.21 bits per heavy atom. The minimum Gasteiger partial charge on any atom is -0.335 e. The maximum absolute atomic E-state index is 12.4. The first-order chi connectivity index (χ1) is 14.2. The average molecular weight is 392 g/mol. The van der Waals surface area contributed by atoms with Crippen molar-refractivity contribution in [3.8, 4) is 6.07 Å². The Bertz CT molecular complexity index is 819. The van der Waals surface area contributed by atoms with Crippen LogP contribution in [0, 0.1) is 11.3 Å². The molecule has 1 saturated heterocycles. The summed E-state index contributed by atoms with van der Waals surface area (Å²) in [6, 6.07) is 14.4. The van der Waals surface area contributed by atoms with Crippen LogP contribution in [0.5, 0.6) is 0 Å². The summed E-state index contributed by atoms with van der Waals surface area (Å²) in [5, 5.41) is 12.3. The van der Waals surface area contributed by atoms with Gasteiger partial charge in [-0.3, -0.25) is 9.88 Å². The number of piperidine rings is 1. The van der Waals surface area contributed by atoms with E-state index in [4.69, 9.17) is 5.26 Å². The first-order valence-electron chi connectivity index (χ1n) is 10.4. The standard InChI is InChI=1S/C23H29N5O/c1-3-27(4-2)23(29)26-21-11-14-28(15-12-21)22(20-6-5-13-25-17-20)19-9-7-18(16-24)8-10-19/h5-10,13,17,21-22H,3-4,11-12,14-15H2,1-2H3,(H,26,29). The normalized spacial score (nSPS) is 16.0. The monoisotopic (exact) mass is 391 g/mol. The van der Waals surface area contributed by atoms with Crippen LogP contribution in [0.25, 0.3) is 0 Å². The summed E-state index contributed by atoms with van der Waals surface area (Å²) >= 11 is 0. The molecule has 29 heavy (non-hydrogen) atoms. The highest BCUT2D eigenvalue weighted by Gasteiger charge is 2.28. The summed E-state index contributed by atoms with van der Waals surface area (Å²) in [5.74, 6) is 0. The van der Waals surface area contributed by atoms with E-state index in [-0.39, 0.29) is 18.1 Å². The van der Waals surface area contributed by atoms with Crippen molar-refractivity contribution in [2.45, 2.75) is 38.8 Å². The molecule has 0 radical (unpaired) electrons. The van der Waals surface area contributed by atoms with Crippen molar-refractivity contribution in [3.05, 3.63) is 65.5 Å². The molecule has 1 N–H and O–H groups in total. The van der Waals surface area contributed by atoms with E-state index in [2.05, 4.69) is 27.3 Å². The molecule has 2 amide bonds. The second kappa shape index (κ2) is 10.0. The molecule has 2 heterocycles. The SMILES string of the molecule is CCN(CC)C(=O)NC1CCN(C(c2ccc(C#N)cc2)c2cccnc2)CC1. The fourth-order valence-corrected chi connectivity index (χ4v) is 3.97. The van der Waals surface area contributed by atoms with Crippen molar-refractivity contribution in [1.29, 1.82) is 5.26 Å². The molecule has 1 unspecified atom stereocenters. The molecule has 1 fully saturated rings. The van der Waals surface area contributed by atoms with Crippen LogP contribution in [0.15, 0.2) is 48.8 Å². The molecule has 1 aliphatic rings. The van der Waals surface area contributed by atoms with Crippen molar-refractivity contribution in [3.63, 3.8) is 0 Å². The Hall–Kier alpha value is -2.91. The van der Waals surface area contributed by atoms with Crippen LogP contribution in [-0.2, 0) is 0 Å². The third-order valence-electron chi connectivity index (χ3n) is 5.63.